The standard InChI is InChI=1S/C23H20FN7O/c24-15-7-13(8-16(32)10-15)17-3-6-26-22-19(17)28-23(29-22)20-18-9-14(11-27-21(18)31-30-20)12-1-4-25-5-2-12/h3,6-12,25,32H,1-2,4-5H2,(H,26,28,29)(H,27,30,31). The van der Waals surface area contributed by atoms with Crippen LogP contribution in [0, 0.1) is 5.82 Å². The minimum Gasteiger partial charge on any atom is -0.508 e. The zero-order valence-electron chi connectivity index (χ0n) is 17.1. The average Bonchev–Trinajstić information content (AvgIpc) is 3.42. The summed E-state index contributed by atoms with van der Waals surface area (Å²) in [5.74, 6) is 0.364. The van der Waals surface area contributed by atoms with E-state index in [0.717, 1.165) is 37.4 Å². The van der Waals surface area contributed by atoms with Crippen molar-refractivity contribution in [3.8, 4) is 28.4 Å². The number of aromatic hydroxyl groups is 1. The molecule has 4 N–H and O–H groups in total. The Labute approximate surface area is 182 Å². The number of imidazole rings is 1. The summed E-state index contributed by atoms with van der Waals surface area (Å²) in [4.78, 5) is 16.9. The van der Waals surface area contributed by atoms with E-state index in [-0.39, 0.29) is 5.75 Å². The van der Waals surface area contributed by atoms with Gasteiger partial charge in [0.25, 0.3) is 0 Å². The van der Waals surface area contributed by atoms with E-state index < -0.39 is 5.82 Å². The highest BCUT2D eigenvalue weighted by atomic mass is 19.1. The summed E-state index contributed by atoms with van der Waals surface area (Å²) in [5.41, 5.74) is 4.88. The molecule has 1 aromatic carbocycles. The molecule has 8 nitrogen and oxygen atoms in total. The molecular formula is C23H20FN7O. The molecule has 0 spiro atoms. The van der Waals surface area contributed by atoms with Crippen molar-refractivity contribution in [2.45, 2.75) is 18.8 Å². The Morgan fingerprint density at radius 3 is 2.75 bits per heavy atom. The number of rotatable bonds is 3. The van der Waals surface area contributed by atoms with E-state index >= 15 is 0 Å². The Morgan fingerprint density at radius 1 is 1.03 bits per heavy atom. The second-order valence-electron chi connectivity index (χ2n) is 8.10. The first-order valence-corrected chi connectivity index (χ1v) is 10.6. The molecule has 5 aromatic rings. The molecule has 32 heavy (non-hydrogen) atoms. The lowest BCUT2D eigenvalue weighted by molar-refractivity contribution is 0.460. The van der Waals surface area contributed by atoms with Gasteiger partial charge in [-0.1, -0.05) is 0 Å². The minimum absolute atomic E-state index is 0.143. The zero-order valence-corrected chi connectivity index (χ0v) is 17.1. The molecule has 0 unspecified atom stereocenters. The number of hydrogen-bond donors (Lipinski definition) is 4. The SMILES string of the molecule is Oc1cc(F)cc(-c2ccnc3[nH]c(-c4n[nH]c5ncc(C6CCNCC6)cc45)nc23)c1. The van der Waals surface area contributed by atoms with Crippen LogP contribution in [0.2, 0.25) is 0 Å². The molecule has 1 fully saturated rings. The Morgan fingerprint density at radius 2 is 1.91 bits per heavy atom. The van der Waals surface area contributed by atoms with E-state index in [9.17, 15) is 9.50 Å². The Bertz CT molecular complexity index is 1430. The van der Waals surface area contributed by atoms with E-state index in [1.54, 1.807) is 12.3 Å². The van der Waals surface area contributed by atoms with Crippen LogP contribution in [0.3, 0.4) is 0 Å². The van der Waals surface area contributed by atoms with Crippen LogP contribution in [-0.4, -0.2) is 48.3 Å². The van der Waals surface area contributed by atoms with Gasteiger partial charge in [-0.25, -0.2) is 19.3 Å². The van der Waals surface area contributed by atoms with Gasteiger partial charge in [0.05, 0.1) is 5.39 Å². The topological polar surface area (TPSA) is 115 Å². The third kappa shape index (κ3) is 3.18. The number of hydrogen-bond acceptors (Lipinski definition) is 6. The Kier molecular flexibility index (Phi) is 4.36. The Hall–Kier alpha value is -3.85. The van der Waals surface area contributed by atoms with E-state index in [0.29, 0.717) is 45.4 Å². The fourth-order valence-electron chi connectivity index (χ4n) is 4.46. The first-order chi connectivity index (χ1) is 15.7. The molecule has 0 aliphatic carbocycles. The molecule has 0 atom stereocenters. The van der Waals surface area contributed by atoms with Gasteiger partial charge < -0.3 is 15.4 Å². The van der Waals surface area contributed by atoms with Crippen molar-refractivity contribution in [1.29, 1.82) is 0 Å². The lowest BCUT2D eigenvalue weighted by atomic mass is 9.91. The fourth-order valence-corrected chi connectivity index (χ4v) is 4.46. The molecule has 9 heteroatoms. The molecule has 0 radical (unpaired) electrons. The number of aromatic amines is 2. The first-order valence-electron chi connectivity index (χ1n) is 10.6. The number of benzene rings is 1. The third-order valence-electron chi connectivity index (χ3n) is 6.05. The average molecular weight is 429 g/mol. The summed E-state index contributed by atoms with van der Waals surface area (Å²) in [6, 6.07) is 7.83. The zero-order chi connectivity index (χ0) is 21.7. The van der Waals surface area contributed by atoms with Gasteiger partial charge in [0, 0.05) is 24.0 Å². The van der Waals surface area contributed by atoms with Crippen molar-refractivity contribution >= 4 is 22.2 Å². The smallest absolute Gasteiger partial charge is 0.161 e. The highest BCUT2D eigenvalue weighted by molar-refractivity contribution is 5.95. The molecule has 1 saturated heterocycles. The van der Waals surface area contributed by atoms with Gasteiger partial charge in [-0.2, -0.15) is 5.10 Å². The van der Waals surface area contributed by atoms with Gasteiger partial charge >= 0.3 is 0 Å². The molecule has 1 aliphatic rings. The third-order valence-corrected chi connectivity index (χ3v) is 6.05. The van der Waals surface area contributed by atoms with Crippen LogP contribution in [0.25, 0.3) is 44.8 Å². The lowest BCUT2D eigenvalue weighted by Crippen LogP contribution is -2.26. The summed E-state index contributed by atoms with van der Waals surface area (Å²) < 4.78 is 13.9. The second-order valence-corrected chi connectivity index (χ2v) is 8.10. The van der Waals surface area contributed by atoms with E-state index in [4.69, 9.17) is 4.98 Å². The number of piperidine rings is 1. The highest BCUT2D eigenvalue weighted by Gasteiger charge is 2.20. The van der Waals surface area contributed by atoms with Gasteiger partial charge in [0.1, 0.15) is 22.8 Å². The van der Waals surface area contributed by atoms with Gasteiger partial charge in [-0.05, 0) is 67.2 Å². The number of phenolic OH excluding ortho intramolecular Hbond substituents is 1. The second kappa shape index (κ2) is 7.38. The van der Waals surface area contributed by atoms with Crippen LogP contribution in [0.15, 0.2) is 42.7 Å². The minimum atomic E-state index is -0.518. The predicted molar refractivity (Wildman–Crippen MR) is 119 cm³/mol. The fraction of sp³-hybridized carbons (Fsp3) is 0.217. The maximum absolute atomic E-state index is 13.9. The largest absolute Gasteiger partial charge is 0.508 e. The molecule has 5 heterocycles. The summed E-state index contributed by atoms with van der Waals surface area (Å²) in [6.45, 7) is 2.02. The van der Waals surface area contributed by atoms with Crippen LogP contribution >= 0.6 is 0 Å². The number of halogens is 1. The first kappa shape index (κ1) is 18.9. The number of nitrogens with one attached hydrogen (secondary N) is 3. The number of pyridine rings is 2. The number of H-pyrrole nitrogens is 2. The monoisotopic (exact) mass is 429 g/mol. The number of nitrogens with zero attached hydrogens (tertiary/aromatic N) is 4. The number of fused-ring (bicyclic) bond motifs is 2. The number of aromatic nitrogens is 6. The molecule has 160 valence electrons. The summed E-state index contributed by atoms with van der Waals surface area (Å²) >= 11 is 0. The maximum Gasteiger partial charge on any atom is 0.161 e. The lowest BCUT2D eigenvalue weighted by Gasteiger charge is -2.22. The van der Waals surface area contributed by atoms with E-state index in [1.807, 2.05) is 6.20 Å². The van der Waals surface area contributed by atoms with E-state index in [2.05, 4.69) is 36.5 Å². The Balaban J connectivity index is 1.47. The van der Waals surface area contributed by atoms with E-state index in [1.165, 1.54) is 17.7 Å². The van der Waals surface area contributed by atoms with Crippen LogP contribution < -0.4 is 5.32 Å². The molecule has 4 aromatic heterocycles. The van der Waals surface area contributed by atoms with Crippen LogP contribution in [-0.2, 0) is 0 Å². The van der Waals surface area contributed by atoms with Crippen LogP contribution in [0.5, 0.6) is 5.75 Å². The van der Waals surface area contributed by atoms with Crippen molar-refractivity contribution in [2.24, 2.45) is 0 Å². The predicted octanol–water partition coefficient (Wildman–Crippen LogP) is 3.87. The van der Waals surface area contributed by atoms with Gasteiger partial charge in [0.15, 0.2) is 17.1 Å². The molecule has 0 saturated carbocycles. The van der Waals surface area contributed by atoms with Crippen molar-refractivity contribution in [2.75, 3.05) is 13.1 Å². The van der Waals surface area contributed by atoms with Crippen molar-refractivity contribution in [1.82, 2.24) is 35.5 Å². The van der Waals surface area contributed by atoms with Crippen LogP contribution in [0.4, 0.5) is 4.39 Å². The van der Waals surface area contributed by atoms with Gasteiger partial charge in [0.2, 0.25) is 0 Å². The molecular weight excluding hydrogens is 409 g/mol. The normalized spacial score (nSPS) is 15.0. The molecule has 0 bridgehead atoms. The highest BCUT2D eigenvalue weighted by Crippen LogP contribution is 2.33. The summed E-state index contributed by atoms with van der Waals surface area (Å²) in [6.07, 6.45) is 5.72. The summed E-state index contributed by atoms with van der Waals surface area (Å²) in [5, 5.41) is 21.6. The summed E-state index contributed by atoms with van der Waals surface area (Å²) in [7, 11) is 0. The van der Waals surface area contributed by atoms with Crippen molar-refractivity contribution < 1.29 is 9.50 Å². The van der Waals surface area contributed by atoms with Crippen LogP contribution in [0.1, 0.15) is 24.3 Å². The van der Waals surface area contributed by atoms with Crippen molar-refractivity contribution in [3.63, 3.8) is 0 Å². The number of phenols is 1. The molecule has 6 rings (SSSR count). The van der Waals surface area contributed by atoms with Gasteiger partial charge in [-0.3, -0.25) is 5.10 Å². The van der Waals surface area contributed by atoms with Crippen molar-refractivity contribution in [3.05, 3.63) is 54.1 Å². The molecule has 0 amide bonds. The quantitative estimate of drug-likeness (QED) is 0.346. The molecule has 1 aliphatic heterocycles. The maximum atomic E-state index is 13.9. The van der Waals surface area contributed by atoms with Gasteiger partial charge in [-0.15, -0.1) is 0 Å².